The molecule has 132 valence electrons. The number of nitrogens with zero attached hydrogens (tertiary/aromatic N) is 1. The van der Waals surface area contributed by atoms with E-state index in [1.165, 1.54) is 31.2 Å². The Morgan fingerprint density at radius 2 is 1.92 bits per heavy atom. The minimum absolute atomic E-state index is 0.0255. The van der Waals surface area contributed by atoms with Crippen LogP contribution in [-0.2, 0) is 15.9 Å². The van der Waals surface area contributed by atoms with Crippen molar-refractivity contribution in [3.8, 4) is 0 Å². The molecule has 2 aliphatic rings. The summed E-state index contributed by atoms with van der Waals surface area (Å²) in [4.78, 5) is 4.42. The van der Waals surface area contributed by atoms with Crippen LogP contribution >= 0.6 is 0 Å². The predicted octanol–water partition coefficient (Wildman–Crippen LogP) is 2.60. The lowest BCUT2D eigenvalue weighted by Crippen LogP contribution is -2.35. The number of nitrogens with two attached hydrogens (primary N) is 1. The van der Waals surface area contributed by atoms with E-state index in [1.54, 1.807) is 0 Å². The molecule has 2 fully saturated rings. The van der Waals surface area contributed by atoms with Gasteiger partial charge in [-0.15, -0.1) is 0 Å². The first-order valence-electron chi connectivity index (χ1n) is 9.15. The zero-order valence-electron chi connectivity index (χ0n) is 14.4. The first-order valence-corrected chi connectivity index (χ1v) is 9.15. The summed E-state index contributed by atoms with van der Waals surface area (Å²) in [6.07, 6.45) is 7.94. The van der Waals surface area contributed by atoms with Crippen molar-refractivity contribution in [2.75, 3.05) is 19.7 Å². The quantitative estimate of drug-likeness (QED) is 0.643. The van der Waals surface area contributed by atoms with Crippen LogP contribution in [0.5, 0.6) is 0 Å². The van der Waals surface area contributed by atoms with Crippen molar-refractivity contribution in [1.82, 2.24) is 5.32 Å². The Hall–Kier alpha value is -1.59. The third kappa shape index (κ3) is 4.95. The summed E-state index contributed by atoms with van der Waals surface area (Å²) < 4.78 is 12.2. The summed E-state index contributed by atoms with van der Waals surface area (Å²) >= 11 is 0. The molecule has 1 saturated heterocycles. The van der Waals surface area contributed by atoms with Gasteiger partial charge in [-0.2, -0.15) is 0 Å². The molecule has 0 aromatic heterocycles. The lowest BCUT2D eigenvalue weighted by Gasteiger charge is -2.26. The van der Waals surface area contributed by atoms with Gasteiger partial charge in [0.05, 0.1) is 13.2 Å². The van der Waals surface area contributed by atoms with E-state index in [0.29, 0.717) is 19.1 Å². The average Bonchev–Trinajstić information content (AvgIpc) is 2.85. The molecule has 1 atom stereocenters. The van der Waals surface area contributed by atoms with Gasteiger partial charge in [0, 0.05) is 19.4 Å². The van der Waals surface area contributed by atoms with E-state index in [4.69, 9.17) is 15.2 Å². The fraction of sp³-hybridized carbons (Fsp3) is 0.632. The Morgan fingerprint density at radius 3 is 2.67 bits per heavy atom. The summed E-state index contributed by atoms with van der Waals surface area (Å²) in [5, 5.41) is 3.17. The third-order valence-corrected chi connectivity index (χ3v) is 4.81. The van der Waals surface area contributed by atoms with Crippen LogP contribution in [0.1, 0.15) is 44.1 Å². The Kier molecular flexibility index (Phi) is 6.10. The lowest BCUT2D eigenvalue weighted by molar-refractivity contribution is -0.174. The maximum absolute atomic E-state index is 6.18. The minimum Gasteiger partial charge on any atom is -0.370 e. The van der Waals surface area contributed by atoms with Gasteiger partial charge in [-0.3, -0.25) is 4.99 Å². The molecule has 1 aliphatic heterocycles. The highest BCUT2D eigenvalue weighted by atomic mass is 16.7. The van der Waals surface area contributed by atoms with Gasteiger partial charge in [0.25, 0.3) is 0 Å². The molecule has 1 spiro atoms. The van der Waals surface area contributed by atoms with E-state index in [-0.39, 0.29) is 11.9 Å². The van der Waals surface area contributed by atoms with Gasteiger partial charge < -0.3 is 20.5 Å². The van der Waals surface area contributed by atoms with Crippen LogP contribution < -0.4 is 11.1 Å². The van der Waals surface area contributed by atoms with Gasteiger partial charge in [0.2, 0.25) is 0 Å². The number of rotatable bonds is 5. The van der Waals surface area contributed by atoms with Gasteiger partial charge in [0.15, 0.2) is 11.7 Å². The first kappa shape index (κ1) is 17.2. The van der Waals surface area contributed by atoms with Crippen LogP contribution in [0.25, 0.3) is 0 Å². The van der Waals surface area contributed by atoms with Crippen LogP contribution in [0.2, 0.25) is 0 Å². The first-order chi connectivity index (χ1) is 11.8. The SMILES string of the molecule is NC(=NCC1COC2(CCCCCC2)O1)NCCc1ccccc1. The smallest absolute Gasteiger partial charge is 0.188 e. The molecule has 1 aliphatic carbocycles. The van der Waals surface area contributed by atoms with E-state index in [0.717, 1.165) is 25.8 Å². The Balaban J connectivity index is 1.39. The van der Waals surface area contributed by atoms with Gasteiger partial charge in [-0.25, -0.2) is 0 Å². The average molecular weight is 331 g/mol. The molecule has 3 rings (SSSR count). The lowest BCUT2D eigenvalue weighted by atomic mass is 10.1. The summed E-state index contributed by atoms with van der Waals surface area (Å²) in [7, 11) is 0. The molecule has 1 aromatic rings. The number of nitrogens with one attached hydrogen (secondary N) is 1. The summed E-state index contributed by atoms with van der Waals surface area (Å²) in [5.74, 6) is 0.142. The molecule has 5 heteroatoms. The maximum atomic E-state index is 6.18. The van der Waals surface area contributed by atoms with Crippen molar-refractivity contribution in [1.29, 1.82) is 0 Å². The Bertz CT molecular complexity index is 525. The van der Waals surface area contributed by atoms with Crippen molar-refractivity contribution in [2.24, 2.45) is 10.7 Å². The fourth-order valence-electron chi connectivity index (χ4n) is 3.47. The van der Waals surface area contributed by atoms with E-state index >= 15 is 0 Å². The standard InChI is InChI=1S/C19H29N3O2/c20-18(21-13-10-16-8-4-3-5-9-16)22-14-17-15-23-19(24-17)11-6-1-2-7-12-19/h3-5,8-9,17H,1-2,6-7,10-15H2,(H3,20,21,22). The van der Waals surface area contributed by atoms with Crippen LogP contribution in [-0.4, -0.2) is 37.5 Å². The molecule has 0 radical (unpaired) electrons. The van der Waals surface area contributed by atoms with E-state index in [2.05, 4.69) is 22.4 Å². The zero-order chi connectivity index (χ0) is 16.7. The van der Waals surface area contributed by atoms with Crippen molar-refractivity contribution in [2.45, 2.75) is 56.8 Å². The topological polar surface area (TPSA) is 68.9 Å². The van der Waals surface area contributed by atoms with Crippen LogP contribution in [0.3, 0.4) is 0 Å². The summed E-state index contributed by atoms with van der Waals surface area (Å²) in [6, 6.07) is 10.4. The highest BCUT2D eigenvalue weighted by Gasteiger charge is 2.41. The molecule has 1 saturated carbocycles. The van der Waals surface area contributed by atoms with Crippen LogP contribution in [0, 0.1) is 0 Å². The maximum Gasteiger partial charge on any atom is 0.188 e. The number of guanidine groups is 1. The van der Waals surface area contributed by atoms with Gasteiger partial charge in [-0.1, -0.05) is 43.2 Å². The number of benzene rings is 1. The molecule has 0 amide bonds. The normalized spacial score (nSPS) is 24.0. The van der Waals surface area contributed by atoms with Crippen LogP contribution in [0.15, 0.2) is 35.3 Å². The van der Waals surface area contributed by atoms with E-state index in [1.807, 2.05) is 18.2 Å². The minimum atomic E-state index is -0.341. The molecular weight excluding hydrogens is 302 g/mol. The Labute approximate surface area is 144 Å². The third-order valence-electron chi connectivity index (χ3n) is 4.81. The molecule has 5 nitrogen and oxygen atoms in total. The van der Waals surface area contributed by atoms with Gasteiger partial charge >= 0.3 is 0 Å². The monoisotopic (exact) mass is 331 g/mol. The second-order valence-electron chi connectivity index (χ2n) is 6.76. The second kappa shape index (κ2) is 8.49. The second-order valence-corrected chi connectivity index (χ2v) is 6.76. The highest BCUT2D eigenvalue weighted by molar-refractivity contribution is 5.77. The van der Waals surface area contributed by atoms with Crippen molar-refractivity contribution < 1.29 is 9.47 Å². The van der Waals surface area contributed by atoms with Crippen molar-refractivity contribution >= 4 is 5.96 Å². The summed E-state index contributed by atoms with van der Waals surface area (Å²) in [6.45, 7) is 1.97. The largest absolute Gasteiger partial charge is 0.370 e. The zero-order valence-corrected chi connectivity index (χ0v) is 14.4. The van der Waals surface area contributed by atoms with Crippen molar-refractivity contribution in [3.05, 3.63) is 35.9 Å². The Morgan fingerprint density at radius 1 is 1.17 bits per heavy atom. The molecule has 1 aromatic carbocycles. The number of hydrogen-bond donors (Lipinski definition) is 2. The van der Waals surface area contributed by atoms with Gasteiger partial charge in [0.1, 0.15) is 6.10 Å². The number of ether oxygens (including phenoxy) is 2. The molecule has 3 N–H and O–H groups in total. The van der Waals surface area contributed by atoms with Crippen molar-refractivity contribution in [3.63, 3.8) is 0 Å². The highest BCUT2D eigenvalue weighted by Crippen LogP contribution is 2.36. The van der Waals surface area contributed by atoms with Crippen LogP contribution in [0.4, 0.5) is 0 Å². The van der Waals surface area contributed by atoms with Gasteiger partial charge in [-0.05, 0) is 24.8 Å². The molecule has 1 heterocycles. The predicted molar refractivity (Wildman–Crippen MR) is 95.9 cm³/mol. The molecule has 0 bridgehead atoms. The van der Waals surface area contributed by atoms with E-state index < -0.39 is 0 Å². The number of hydrogen-bond acceptors (Lipinski definition) is 3. The summed E-state index contributed by atoms with van der Waals surface area (Å²) in [5.41, 5.74) is 7.25. The number of aliphatic imine (C=N–C) groups is 1. The fourth-order valence-corrected chi connectivity index (χ4v) is 3.47. The van der Waals surface area contributed by atoms with E-state index in [9.17, 15) is 0 Å². The molecular formula is C19H29N3O2. The molecule has 24 heavy (non-hydrogen) atoms. The molecule has 1 unspecified atom stereocenters.